The van der Waals surface area contributed by atoms with Crippen LogP contribution in [0.2, 0.25) is 0 Å². The summed E-state index contributed by atoms with van der Waals surface area (Å²) in [5.41, 5.74) is 1.19. The molecule has 2 aliphatic rings. The van der Waals surface area contributed by atoms with Crippen molar-refractivity contribution in [3.05, 3.63) is 48.7 Å². The highest BCUT2D eigenvalue weighted by Gasteiger charge is 2.46. The second-order valence-electron chi connectivity index (χ2n) is 6.95. The minimum atomic E-state index is 0.0362. The van der Waals surface area contributed by atoms with Crippen molar-refractivity contribution in [3.63, 3.8) is 0 Å². The van der Waals surface area contributed by atoms with Crippen molar-refractivity contribution >= 4 is 5.82 Å². The summed E-state index contributed by atoms with van der Waals surface area (Å²) in [7, 11) is 0. The molecule has 0 radical (unpaired) electrons. The molecule has 2 aromatic heterocycles. The smallest absolute Gasteiger partial charge is 0.131 e. The van der Waals surface area contributed by atoms with Gasteiger partial charge in [0, 0.05) is 43.7 Å². The number of rotatable bonds is 5. The number of pyridine rings is 1. The molecule has 0 amide bonds. The molecule has 2 fully saturated rings. The van der Waals surface area contributed by atoms with Gasteiger partial charge in [-0.2, -0.15) is 0 Å². The van der Waals surface area contributed by atoms with E-state index in [1.165, 1.54) is 0 Å². The molecule has 2 saturated heterocycles. The van der Waals surface area contributed by atoms with E-state index in [2.05, 4.69) is 19.9 Å². The molecule has 0 bridgehead atoms. The lowest BCUT2D eigenvalue weighted by molar-refractivity contribution is -0.127. The van der Waals surface area contributed by atoms with Gasteiger partial charge in [0.2, 0.25) is 0 Å². The van der Waals surface area contributed by atoms with Crippen molar-refractivity contribution in [1.29, 1.82) is 0 Å². The molecular weight excluding hydrogens is 316 g/mol. The lowest BCUT2D eigenvalue weighted by Crippen LogP contribution is -2.57. The fourth-order valence-electron chi connectivity index (χ4n) is 4.02. The molecule has 0 saturated carbocycles. The highest BCUT2D eigenvalue weighted by molar-refractivity contribution is 5.38. The van der Waals surface area contributed by atoms with Gasteiger partial charge in [0.15, 0.2) is 0 Å². The zero-order valence-corrected chi connectivity index (χ0v) is 14.4. The minimum absolute atomic E-state index is 0.0362. The SMILES string of the molecule is c1cc(COC[C@@]23CCCO[C@H]2CCN(c2ccncn2)C3)ccn1. The van der Waals surface area contributed by atoms with Crippen LogP contribution in [0.25, 0.3) is 0 Å². The Kier molecular flexibility index (Phi) is 4.90. The predicted molar refractivity (Wildman–Crippen MR) is 94.2 cm³/mol. The number of ether oxygens (including phenoxy) is 2. The van der Waals surface area contributed by atoms with E-state index in [1.54, 1.807) is 24.9 Å². The van der Waals surface area contributed by atoms with Gasteiger partial charge in [-0.05, 0) is 43.0 Å². The van der Waals surface area contributed by atoms with Crippen LogP contribution < -0.4 is 4.90 Å². The first-order valence-electron chi connectivity index (χ1n) is 8.95. The first-order valence-corrected chi connectivity index (χ1v) is 8.95. The number of nitrogens with zero attached hydrogens (tertiary/aromatic N) is 4. The molecule has 4 rings (SSSR count). The molecular formula is C19H24N4O2. The van der Waals surface area contributed by atoms with E-state index in [9.17, 15) is 0 Å². The lowest BCUT2D eigenvalue weighted by Gasteiger charge is -2.50. The standard InChI is InChI=1S/C19H24N4O2/c1-6-19(14-24-12-16-2-7-20-8-3-16)13-23(10-5-17(19)25-11-1)18-4-9-21-15-22-18/h2-4,7-9,15,17H,1,5-6,10-14H2/t17-,19-/m0/s1. The van der Waals surface area contributed by atoms with Gasteiger partial charge in [0.1, 0.15) is 12.1 Å². The molecule has 2 atom stereocenters. The summed E-state index contributed by atoms with van der Waals surface area (Å²) < 4.78 is 12.3. The molecule has 132 valence electrons. The molecule has 2 aliphatic heterocycles. The molecule has 0 N–H and O–H groups in total. The topological polar surface area (TPSA) is 60.4 Å². The third-order valence-electron chi connectivity index (χ3n) is 5.29. The van der Waals surface area contributed by atoms with Crippen molar-refractivity contribution in [1.82, 2.24) is 15.0 Å². The summed E-state index contributed by atoms with van der Waals surface area (Å²) in [5, 5.41) is 0. The number of fused-ring (bicyclic) bond motifs is 1. The third-order valence-corrected chi connectivity index (χ3v) is 5.29. The second kappa shape index (κ2) is 7.45. The summed E-state index contributed by atoms with van der Waals surface area (Å²) in [5.74, 6) is 0.993. The maximum atomic E-state index is 6.14. The number of aromatic nitrogens is 3. The Morgan fingerprint density at radius 1 is 1.20 bits per heavy atom. The van der Waals surface area contributed by atoms with E-state index in [1.807, 2.05) is 18.2 Å². The maximum absolute atomic E-state index is 6.14. The molecule has 0 aromatic carbocycles. The van der Waals surface area contributed by atoms with Crippen LogP contribution in [0.3, 0.4) is 0 Å². The average Bonchev–Trinajstić information content (AvgIpc) is 2.69. The van der Waals surface area contributed by atoms with Gasteiger partial charge in [-0.25, -0.2) is 9.97 Å². The molecule has 25 heavy (non-hydrogen) atoms. The number of hydrogen-bond acceptors (Lipinski definition) is 6. The van der Waals surface area contributed by atoms with Gasteiger partial charge in [0.25, 0.3) is 0 Å². The van der Waals surface area contributed by atoms with Gasteiger partial charge in [-0.15, -0.1) is 0 Å². The van der Waals surface area contributed by atoms with Crippen LogP contribution in [0.5, 0.6) is 0 Å². The monoisotopic (exact) mass is 340 g/mol. The Hall–Kier alpha value is -2.05. The predicted octanol–water partition coefficient (Wildman–Crippen LogP) is 2.46. The Balaban J connectivity index is 1.46. The van der Waals surface area contributed by atoms with Crippen LogP contribution in [-0.2, 0) is 16.1 Å². The van der Waals surface area contributed by atoms with Crippen LogP contribution in [-0.4, -0.2) is 47.4 Å². The van der Waals surface area contributed by atoms with Crippen LogP contribution in [0.15, 0.2) is 43.1 Å². The van der Waals surface area contributed by atoms with Crippen molar-refractivity contribution in [3.8, 4) is 0 Å². The van der Waals surface area contributed by atoms with E-state index in [4.69, 9.17) is 9.47 Å². The van der Waals surface area contributed by atoms with Crippen molar-refractivity contribution < 1.29 is 9.47 Å². The van der Waals surface area contributed by atoms with Gasteiger partial charge < -0.3 is 14.4 Å². The normalized spacial score (nSPS) is 26.2. The highest BCUT2D eigenvalue weighted by Crippen LogP contribution is 2.41. The fourth-order valence-corrected chi connectivity index (χ4v) is 4.02. The zero-order chi connectivity index (χ0) is 17.0. The Morgan fingerprint density at radius 2 is 2.08 bits per heavy atom. The van der Waals surface area contributed by atoms with Crippen LogP contribution in [0.4, 0.5) is 5.82 Å². The minimum Gasteiger partial charge on any atom is -0.377 e. The molecule has 0 spiro atoms. The quantitative estimate of drug-likeness (QED) is 0.833. The van der Waals surface area contributed by atoms with Crippen LogP contribution in [0.1, 0.15) is 24.8 Å². The third kappa shape index (κ3) is 3.65. The number of anilines is 1. The van der Waals surface area contributed by atoms with Crippen molar-refractivity contribution in [2.75, 3.05) is 31.2 Å². The van der Waals surface area contributed by atoms with Crippen LogP contribution in [0, 0.1) is 5.41 Å². The first kappa shape index (κ1) is 16.4. The Morgan fingerprint density at radius 3 is 2.92 bits per heavy atom. The van der Waals surface area contributed by atoms with E-state index in [-0.39, 0.29) is 11.5 Å². The average molecular weight is 340 g/mol. The summed E-state index contributed by atoms with van der Waals surface area (Å²) in [6, 6.07) is 5.98. The molecule has 6 nitrogen and oxygen atoms in total. The largest absolute Gasteiger partial charge is 0.377 e. The maximum Gasteiger partial charge on any atom is 0.131 e. The van der Waals surface area contributed by atoms with Crippen LogP contribution >= 0.6 is 0 Å². The van der Waals surface area contributed by atoms with E-state index in [0.717, 1.165) is 50.3 Å². The zero-order valence-electron chi connectivity index (χ0n) is 14.4. The van der Waals surface area contributed by atoms with E-state index >= 15 is 0 Å². The van der Waals surface area contributed by atoms with Gasteiger partial charge in [-0.1, -0.05) is 0 Å². The van der Waals surface area contributed by atoms with Gasteiger partial charge >= 0.3 is 0 Å². The fraction of sp³-hybridized carbons (Fsp3) is 0.526. The van der Waals surface area contributed by atoms with E-state index in [0.29, 0.717) is 13.2 Å². The molecule has 0 unspecified atom stereocenters. The molecule has 0 aliphatic carbocycles. The first-order chi connectivity index (χ1) is 12.4. The van der Waals surface area contributed by atoms with Gasteiger partial charge in [0.05, 0.1) is 19.3 Å². The van der Waals surface area contributed by atoms with Gasteiger partial charge in [-0.3, -0.25) is 4.98 Å². The lowest BCUT2D eigenvalue weighted by atomic mass is 9.73. The van der Waals surface area contributed by atoms with Crippen molar-refractivity contribution in [2.45, 2.75) is 32.0 Å². The summed E-state index contributed by atoms with van der Waals surface area (Å²) >= 11 is 0. The van der Waals surface area contributed by atoms with Crippen molar-refractivity contribution in [2.24, 2.45) is 5.41 Å². The van der Waals surface area contributed by atoms with E-state index < -0.39 is 0 Å². The Labute approximate surface area is 148 Å². The molecule has 4 heterocycles. The Bertz CT molecular complexity index is 670. The number of hydrogen-bond donors (Lipinski definition) is 0. The number of piperidine rings is 1. The summed E-state index contributed by atoms with van der Waals surface area (Å²) in [4.78, 5) is 14.9. The molecule has 6 heteroatoms. The summed E-state index contributed by atoms with van der Waals surface area (Å²) in [6.07, 6.45) is 10.5. The summed E-state index contributed by atoms with van der Waals surface area (Å²) in [6.45, 7) is 4.08. The molecule has 2 aromatic rings. The second-order valence-corrected chi connectivity index (χ2v) is 6.95. The highest BCUT2D eigenvalue weighted by atomic mass is 16.5.